The summed E-state index contributed by atoms with van der Waals surface area (Å²) in [6.07, 6.45) is 4.85. The van der Waals surface area contributed by atoms with E-state index in [9.17, 15) is 9.59 Å². The van der Waals surface area contributed by atoms with Crippen molar-refractivity contribution in [2.75, 3.05) is 6.61 Å². The number of carbonyl (C=O) groups is 2. The van der Waals surface area contributed by atoms with E-state index in [-0.39, 0.29) is 12.5 Å². The summed E-state index contributed by atoms with van der Waals surface area (Å²) in [6.45, 7) is 2.03. The van der Waals surface area contributed by atoms with Crippen molar-refractivity contribution < 1.29 is 19.1 Å². The van der Waals surface area contributed by atoms with Gasteiger partial charge >= 0.3 is 5.97 Å². The fraction of sp³-hybridized carbons (Fsp3) is 0.192. The third-order valence-electron chi connectivity index (χ3n) is 4.67. The second kappa shape index (κ2) is 12.6. The normalized spacial score (nSPS) is 10.7. The predicted octanol–water partition coefficient (Wildman–Crippen LogP) is 5.54. The van der Waals surface area contributed by atoms with Crippen LogP contribution >= 0.6 is 15.9 Å². The molecule has 1 N–H and O–H groups in total. The SMILES string of the molecule is CCCCc1ccc(OCC(=O)N/N=C/c2ccc(OC(=O)c3cccc(Br)c3)cc2)cc1. The Bertz CT molecular complexity index is 1100. The van der Waals surface area contributed by atoms with Crippen molar-refractivity contribution in [1.29, 1.82) is 0 Å². The largest absolute Gasteiger partial charge is 0.484 e. The summed E-state index contributed by atoms with van der Waals surface area (Å²) >= 11 is 3.33. The second-order valence-corrected chi connectivity index (χ2v) is 8.21. The Morgan fingerprint density at radius 3 is 2.42 bits per heavy atom. The molecule has 0 fully saturated rings. The lowest BCUT2D eigenvalue weighted by Gasteiger charge is -2.06. The number of unbranched alkanes of at least 4 members (excludes halogenated alkanes) is 1. The van der Waals surface area contributed by atoms with Gasteiger partial charge in [0.25, 0.3) is 5.91 Å². The zero-order valence-electron chi connectivity index (χ0n) is 18.3. The highest BCUT2D eigenvalue weighted by atomic mass is 79.9. The molecule has 3 aromatic rings. The quantitative estimate of drug-likeness (QED) is 0.169. The minimum atomic E-state index is -0.444. The van der Waals surface area contributed by atoms with Crippen LogP contribution in [0.15, 0.2) is 82.4 Å². The molecule has 6 nitrogen and oxygen atoms in total. The van der Waals surface area contributed by atoms with Crippen LogP contribution in [0.5, 0.6) is 11.5 Å². The highest BCUT2D eigenvalue weighted by Crippen LogP contribution is 2.17. The zero-order valence-corrected chi connectivity index (χ0v) is 19.9. The van der Waals surface area contributed by atoms with Crippen molar-refractivity contribution in [3.63, 3.8) is 0 Å². The molecule has 33 heavy (non-hydrogen) atoms. The van der Waals surface area contributed by atoms with Crippen molar-refractivity contribution >= 4 is 34.0 Å². The number of esters is 1. The average molecular weight is 509 g/mol. The van der Waals surface area contributed by atoms with E-state index in [2.05, 4.69) is 33.4 Å². The van der Waals surface area contributed by atoms with E-state index in [1.54, 1.807) is 42.5 Å². The lowest BCUT2D eigenvalue weighted by Crippen LogP contribution is -2.24. The van der Waals surface area contributed by atoms with Gasteiger partial charge in [0.15, 0.2) is 6.61 Å². The first-order valence-electron chi connectivity index (χ1n) is 10.6. The first kappa shape index (κ1) is 24.2. The number of halogens is 1. The monoisotopic (exact) mass is 508 g/mol. The van der Waals surface area contributed by atoms with E-state index < -0.39 is 5.97 Å². The van der Waals surface area contributed by atoms with Gasteiger partial charge in [-0.2, -0.15) is 5.10 Å². The van der Waals surface area contributed by atoms with Crippen LogP contribution in [0.4, 0.5) is 0 Å². The minimum Gasteiger partial charge on any atom is -0.484 e. The number of benzene rings is 3. The summed E-state index contributed by atoms with van der Waals surface area (Å²) in [5, 5.41) is 3.93. The predicted molar refractivity (Wildman–Crippen MR) is 132 cm³/mol. The van der Waals surface area contributed by atoms with Gasteiger partial charge in [0.05, 0.1) is 11.8 Å². The van der Waals surface area contributed by atoms with Gasteiger partial charge in [0.1, 0.15) is 11.5 Å². The van der Waals surface area contributed by atoms with E-state index in [1.807, 2.05) is 30.3 Å². The number of hydrogen-bond acceptors (Lipinski definition) is 5. The fourth-order valence-electron chi connectivity index (χ4n) is 2.90. The Hall–Kier alpha value is -3.45. The van der Waals surface area contributed by atoms with Crippen LogP contribution in [0, 0.1) is 0 Å². The number of aryl methyl sites for hydroxylation is 1. The molecule has 0 atom stereocenters. The first-order valence-corrected chi connectivity index (χ1v) is 11.4. The molecular weight excluding hydrogens is 484 g/mol. The van der Waals surface area contributed by atoms with Gasteiger partial charge in [-0.15, -0.1) is 0 Å². The van der Waals surface area contributed by atoms with Gasteiger partial charge in [-0.3, -0.25) is 4.79 Å². The van der Waals surface area contributed by atoms with Gasteiger partial charge in [-0.25, -0.2) is 10.2 Å². The van der Waals surface area contributed by atoms with Crippen molar-refractivity contribution in [3.8, 4) is 11.5 Å². The Kier molecular flexibility index (Phi) is 9.20. The molecule has 3 rings (SSSR count). The Morgan fingerprint density at radius 2 is 1.73 bits per heavy atom. The van der Waals surface area contributed by atoms with Crippen LogP contribution in [-0.2, 0) is 11.2 Å². The minimum absolute atomic E-state index is 0.129. The maximum absolute atomic E-state index is 12.2. The van der Waals surface area contributed by atoms with E-state index >= 15 is 0 Å². The van der Waals surface area contributed by atoms with Gasteiger partial charge in [-0.05, 0) is 78.6 Å². The number of carbonyl (C=O) groups excluding carboxylic acids is 2. The molecule has 7 heteroatoms. The van der Waals surface area contributed by atoms with Crippen molar-refractivity contribution in [2.45, 2.75) is 26.2 Å². The number of hydrazone groups is 1. The lowest BCUT2D eigenvalue weighted by atomic mass is 10.1. The van der Waals surface area contributed by atoms with E-state index in [0.717, 1.165) is 29.3 Å². The summed E-state index contributed by atoms with van der Waals surface area (Å²) in [6, 6.07) is 21.5. The third-order valence-corrected chi connectivity index (χ3v) is 5.16. The van der Waals surface area contributed by atoms with E-state index in [1.165, 1.54) is 11.8 Å². The molecule has 0 spiro atoms. The topological polar surface area (TPSA) is 77.0 Å². The van der Waals surface area contributed by atoms with E-state index in [0.29, 0.717) is 17.1 Å². The summed E-state index contributed by atoms with van der Waals surface area (Å²) in [5.41, 5.74) is 4.88. The highest BCUT2D eigenvalue weighted by molar-refractivity contribution is 9.10. The molecule has 170 valence electrons. The standard InChI is InChI=1S/C26H25BrN2O4/c1-2-3-5-19-8-12-23(13-9-19)32-18-25(30)29-28-17-20-10-14-24(15-11-20)33-26(31)21-6-4-7-22(27)16-21/h4,6-17H,2-3,5,18H2,1H3,(H,29,30)/b28-17+. The lowest BCUT2D eigenvalue weighted by molar-refractivity contribution is -0.123. The Balaban J connectivity index is 1.42. The Labute approximate surface area is 201 Å². The summed E-state index contributed by atoms with van der Waals surface area (Å²) in [5.74, 6) is 0.249. The number of rotatable bonds is 10. The number of nitrogens with one attached hydrogen (secondary N) is 1. The van der Waals surface area contributed by atoms with Crippen LogP contribution in [0.3, 0.4) is 0 Å². The molecule has 0 aromatic heterocycles. The molecule has 3 aromatic carbocycles. The van der Waals surface area contributed by atoms with Crippen LogP contribution in [-0.4, -0.2) is 24.7 Å². The van der Waals surface area contributed by atoms with E-state index in [4.69, 9.17) is 9.47 Å². The van der Waals surface area contributed by atoms with Crippen molar-refractivity contribution in [1.82, 2.24) is 5.43 Å². The molecule has 0 bridgehead atoms. The molecule has 0 saturated carbocycles. The second-order valence-electron chi connectivity index (χ2n) is 7.30. The molecule has 0 aliphatic rings. The average Bonchev–Trinajstić information content (AvgIpc) is 2.83. The molecular formula is C26H25BrN2O4. The molecule has 0 saturated heterocycles. The van der Waals surface area contributed by atoms with Crippen LogP contribution < -0.4 is 14.9 Å². The molecule has 0 aliphatic carbocycles. The van der Waals surface area contributed by atoms with Crippen LogP contribution in [0.1, 0.15) is 41.3 Å². The highest BCUT2D eigenvalue weighted by Gasteiger charge is 2.08. The van der Waals surface area contributed by atoms with Gasteiger partial charge in [-0.1, -0.05) is 47.5 Å². The van der Waals surface area contributed by atoms with Crippen LogP contribution in [0.2, 0.25) is 0 Å². The summed E-state index contributed by atoms with van der Waals surface area (Å²) in [7, 11) is 0. The maximum Gasteiger partial charge on any atom is 0.343 e. The van der Waals surface area contributed by atoms with Crippen molar-refractivity contribution in [3.05, 3.63) is 94.0 Å². The zero-order chi connectivity index (χ0) is 23.5. The maximum atomic E-state index is 12.2. The number of ether oxygens (including phenoxy) is 2. The molecule has 0 aliphatic heterocycles. The number of nitrogens with zero attached hydrogens (tertiary/aromatic N) is 1. The molecule has 0 radical (unpaired) electrons. The van der Waals surface area contributed by atoms with Gasteiger partial charge in [0, 0.05) is 4.47 Å². The Morgan fingerprint density at radius 1 is 1.00 bits per heavy atom. The van der Waals surface area contributed by atoms with Gasteiger partial charge < -0.3 is 9.47 Å². The first-order chi connectivity index (χ1) is 16.0. The fourth-order valence-corrected chi connectivity index (χ4v) is 3.30. The molecule has 1 amide bonds. The smallest absolute Gasteiger partial charge is 0.343 e. The van der Waals surface area contributed by atoms with Crippen LogP contribution in [0.25, 0.3) is 0 Å². The molecule has 0 heterocycles. The summed E-state index contributed by atoms with van der Waals surface area (Å²) < 4.78 is 11.7. The number of hydrogen-bond donors (Lipinski definition) is 1. The summed E-state index contributed by atoms with van der Waals surface area (Å²) in [4.78, 5) is 24.1. The molecule has 0 unspecified atom stereocenters. The third kappa shape index (κ3) is 8.20. The number of amides is 1. The van der Waals surface area contributed by atoms with Gasteiger partial charge in [0.2, 0.25) is 0 Å². The van der Waals surface area contributed by atoms with Crippen molar-refractivity contribution in [2.24, 2.45) is 5.10 Å².